The van der Waals surface area contributed by atoms with Crippen molar-refractivity contribution in [1.82, 2.24) is 0 Å². The molecule has 1 atom stereocenters. The summed E-state index contributed by atoms with van der Waals surface area (Å²) in [6.07, 6.45) is 2.11. The Labute approximate surface area is 120 Å². The molecule has 1 unspecified atom stereocenters. The molecule has 0 amide bonds. The van der Waals surface area contributed by atoms with Crippen LogP contribution in [0.4, 0.5) is 0 Å². The first-order valence-electron chi connectivity index (χ1n) is 6.85. The lowest BCUT2D eigenvalue weighted by molar-refractivity contribution is -0.126. The fourth-order valence-electron chi connectivity index (χ4n) is 2.59. The summed E-state index contributed by atoms with van der Waals surface area (Å²) in [5, 5.41) is 10.3. The van der Waals surface area contributed by atoms with Gasteiger partial charge in [0, 0.05) is 5.56 Å². The van der Waals surface area contributed by atoms with Gasteiger partial charge in [-0.2, -0.15) is 0 Å². The van der Waals surface area contributed by atoms with Crippen LogP contribution in [0.3, 0.4) is 0 Å². The topological polar surface area (TPSA) is 29.5 Å². The highest BCUT2D eigenvalue weighted by atomic mass is 28.2. The Morgan fingerprint density at radius 3 is 2.11 bits per heavy atom. The molecule has 0 aliphatic rings. The van der Waals surface area contributed by atoms with Crippen molar-refractivity contribution in [1.29, 1.82) is 0 Å². The minimum Gasteiger partial charge on any atom is -0.389 e. The quantitative estimate of drug-likeness (QED) is 0.674. The molecule has 0 aliphatic carbocycles. The molecular weight excluding hydrogens is 252 g/mol. The molecule has 1 rings (SSSR count). The number of hydrogen-bond acceptors (Lipinski definition) is 2. The molecule has 0 aliphatic heterocycles. The molecule has 19 heavy (non-hydrogen) atoms. The first kappa shape index (κ1) is 16.4. The predicted molar refractivity (Wildman–Crippen MR) is 80.3 cm³/mol. The van der Waals surface area contributed by atoms with Crippen LogP contribution in [-0.4, -0.2) is 15.6 Å². The van der Waals surface area contributed by atoms with Crippen molar-refractivity contribution in [2.24, 2.45) is 0 Å². The molecule has 0 aromatic heterocycles. The first-order valence-corrected chi connectivity index (χ1v) is 7.26. The van der Waals surface area contributed by atoms with Crippen molar-refractivity contribution in [2.45, 2.75) is 65.6 Å². The molecule has 0 heterocycles. The number of aliphatic hydroxyl groups is 1. The van der Waals surface area contributed by atoms with Crippen LogP contribution >= 0.6 is 0 Å². The zero-order chi connectivity index (χ0) is 14.8. The third kappa shape index (κ3) is 3.47. The average Bonchev–Trinajstić information content (AvgIpc) is 2.30. The summed E-state index contributed by atoms with van der Waals surface area (Å²) in [5.74, 6) is -1.31. The van der Waals surface area contributed by atoms with Crippen molar-refractivity contribution in [3.05, 3.63) is 34.4 Å². The highest BCUT2D eigenvalue weighted by molar-refractivity contribution is 5.98. The van der Waals surface area contributed by atoms with Gasteiger partial charge in [-0.1, -0.05) is 46.2 Å². The fraction of sp³-hybridized carbons (Fsp3) is 0.625. The molecule has 1 aromatic carbocycles. The third-order valence-corrected chi connectivity index (χ3v) is 4.00. The van der Waals surface area contributed by atoms with E-state index in [1.54, 1.807) is 6.92 Å². The highest BCUT2D eigenvalue weighted by Gasteiger charge is 2.28. The first-order chi connectivity index (χ1) is 8.65. The fourth-order valence-corrected chi connectivity index (χ4v) is 2.70. The van der Waals surface area contributed by atoms with Crippen molar-refractivity contribution < 1.29 is 9.53 Å². The van der Waals surface area contributed by atoms with Gasteiger partial charge in [0.15, 0.2) is 5.79 Å². The minimum absolute atomic E-state index is 0.106. The van der Waals surface area contributed by atoms with Gasteiger partial charge in [-0.3, -0.25) is 0 Å². The van der Waals surface area contributed by atoms with E-state index >= 15 is 0 Å². The molecule has 1 aromatic rings. The summed E-state index contributed by atoms with van der Waals surface area (Å²) in [6, 6.07) is 4.09. The Balaban J connectivity index is 3.48. The van der Waals surface area contributed by atoms with Gasteiger partial charge in [0.2, 0.25) is 0 Å². The van der Waals surface area contributed by atoms with E-state index in [4.69, 9.17) is 4.43 Å². The highest BCUT2D eigenvalue weighted by Crippen LogP contribution is 2.34. The largest absolute Gasteiger partial charge is 0.389 e. The lowest BCUT2D eigenvalue weighted by Crippen LogP contribution is -2.27. The molecular formula is C16H25O2Si. The van der Waals surface area contributed by atoms with Gasteiger partial charge < -0.3 is 9.53 Å². The maximum absolute atomic E-state index is 10.3. The number of rotatable bonds is 4. The Morgan fingerprint density at radius 2 is 1.68 bits per heavy atom. The van der Waals surface area contributed by atoms with Gasteiger partial charge in [-0.05, 0) is 42.4 Å². The molecule has 0 spiro atoms. The molecule has 3 heteroatoms. The van der Waals surface area contributed by atoms with Gasteiger partial charge >= 0.3 is 0 Å². The van der Waals surface area contributed by atoms with Gasteiger partial charge in [0.25, 0.3) is 10.5 Å². The van der Waals surface area contributed by atoms with Crippen LogP contribution in [-0.2, 0) is 22.0 Å². The molecule has 0 saturated carbocycles. The Hall–Kier alpha value is -0.643. The second-order valence-electron chi connectivity index (χ2n) is 6.35. The molecule has 0 saturated heterocycles. The molecule has 2 nitrogen and oxygen atoms in total. The van der Waals surface area contributed by atoms with E-state index < -0.39 is 5.79 Å². The Morgan fingerprint density at radius 1 is 1.16 bits per heavy atom. The summed E-state index contributed by atoms with van der Waals surface area (Å²) < 4.78 is 5.02. The molecule has 0 fully saturated rings. The van der Waals surface area contributed by atoms with E-state index in [9.17, 15) is 5.11 Å². The minimum atomic E-state index is -1.31. The van der Waals surface area contributed by atoms with E-state index in [0.29, 0.717) is 0 Å². The number of hydrogen-bond donors (Lipinski definition) is 1. The van der Waals surface area contributed by atoms with Crippen LogP contribution in [0, 0.1) is 6.92 Å². The van der Waals surface area contributed by atoms with E-state index in [0.717, 1.165) is 24.0 Å². The second-order valence-corrected chi connectivity index (χ2v) is 6.55. The zero-order valence-corrected chi connectivity index (χ0v) is 13.9. The number of benzene rings is 1. The predicted octanol–water partition coefficient (Wildman–Crippen LogP) is 3.51. The standard InChI is InChI=1S/C16H25O2Si/c1-7-8-12-11(2)13(16(6,17)18-19)9-10-14(12)15(3,4)5/h9-10,17H,7-8H2,1-6H3. The van der Waals surface area contributed by atoms with Gasteiger partial charge in [-0.25, -0.2) is 0 Å². The summed E-state index contributed by atoms with van der Waals surface area (Å²) in [4.78, 5) is 0. The SMILES string of the molecule is CCCc1c(C(C)(C)C)ccc(C(C)(O)O[Si])c1C. The van der Waals surface area contributed by atoms with Crippen molar-refractivity contribution in [3.8, 4) is 0 Å². The lowest BCUT2D eigenvalue weighted by Gasteiger charge is -2.30. The maximum Gasteiger partial charge on any atom is 0.250 e. The van der Waals surface area contributed by atoms with Gasteiger partial charge in [-0.15, -0.1) is 0 Å². The van der Waals surface area contributed by atoms with Crippen LogP contribution < -0.4 is 0 Å². The normalized spacial score (nSPS) is 15.4. The molecule has 0 bridgehead atoms. The van der Waals surface area contributed by atoms with Crippen LogP contribution in [0.25, 0.3) is 0 Å². The van der Waals surface area contributed by atoms with Crippen LogP contribution in [0.5, 0.6) is 0 Å². The van der Waals surface area contributed by atoms with E-state index in [-0.39, 0.29) is 5.41 Å². The van der Waals surface area contributed by atoms with Crippen LogP contribution in [0.15, 0.2) is 12.1 Å². The van der Waals surface area contributed by atoms with Crippen molar-refractivity contribution >= 4 is 10.5 Å². The zero-order valence-electron chi connectivity index (χ0n) is 12.9. The van der Waals surface area contributed by atoms with E-state index in [2.05, 4.69) is 51.2 Å². The third-order valence-electron chi connectivity index (χ3n) is 3.60. The van der Waals surface area contributed by atoms with Gasteiger partial charge in [0.1, 0.15) is 0 Å². The Kier molecular flexibility index (Phi) is 4.99. The summed E-state index contributed by atoms with van der Waals surface area (Å²) in [7, 11) is 2.96. The Bertz CT molecular complexity index is 445. The van der Waals surface area contributed by atoms with Gasteiger partial charge in [0.05, 0.1) is 0 Å². The summed E-state index contributed by atoms with van der Waals surface area (Å²) in [5.41, 5.74) is 4.72. The van der Waals surface area contributed by atoms with E-state index in [1.807, 2.05) is 6.07 Å². The molecule has 1 N–H and O–H groups in total. The van der Waals surface area contributed by atoms with E-state index in [1.165, 1.54) is 11.1 Å². The van der Waals surface area contributed by atoms with Crippen molar-refractivity contribution in [3.63, 3.8) is 0 Å². The van der Waals surface area contributed by atoms with Crippen molar-refractivity contribution in [2.75, 3.05) is 0 Å². The lowest BCUT2D eigenvalue weighted by atomic mass is 9.79. The summed E-state index contributed by atoms with van der Waals surface area (Å²) in [6.45, 7) is 12.6. The smallest absolute Gasteiger partial charge is 0.250 e. The maximum atomic E-state index is 10.3. The molecule has 105 valence electrons. The molecule has 3 radical (unpaired) electrons. The monoisotopic (exact) mass is 277 g/mol. The average molecular weight is 277 g/mol. The van der Waals surface area contributed by atoms with Crippen LogP contribution in [0.1, 0.15) is 63.3 Å². The second kappa shape index (κ2) is 5.78. The summed E-state index contributed by atoms with van der Waals surface area (Å²) >= 11 is 0. The van der Waals surface area contributed by atoms with Crippen LogP contribution in [0.2, 0.25) is 0 Å².